The van der Waals surface area contributed by atoms with Gasteiger partial charge in [0.2, 0.25) is 0 Å². The predicted molar refractivity (Wildman–Crippen MR) is 94.1 cm³/mol. The predicted octanol–water partition coefficient (Wildman–Crippen LogP) is 4.62. The molecule has 0 spiro atoms. The lowest BCUT2D eigenvalue weighted by Crippen LogP contribution is -2.25. The smallest absolute Gasteiger partial charge is 0.141 e. The Morgan fingerprint density at radius 2 is 2.00 bits per heavy atom. The van der Waals surface area contributed by atoms with Gasteiger partial charge in [0.1, 0.15) is 17.0 Å². The van der Waals surface area contributed by atoms with Crippen molar-refractivity contribution in [2.75, 3.05) is 18.0 Å². The van der Waals surface area contributed by atoms with E-state index in [-0.39, 0.29) is 12.4 Å². The second-order valence-corrected chi connectivity index (χ2v) is 6.61. The summed E-state index contributed by atoms with van der Waals surface area (Å²) in [7, 11) is 0. The Balaban J connectivity index is 0.00000161. The quantitative estimate of drug-likeness (QED) is 0.803. The van der Waals surface area contributed by atoms with Crippen molar-refractivity contribution in [1.29, 1.82) is 0 Å². The molecular formula is C16H24ClN3S. The van der Waals surface area contributed by atoms with Crippen LogP contribution in [0, 0.1) is 0 Å². The van der Waals surface area contributed by atoms with E-state index in [1.165, 1.54) is 54.6 Å². The fourth-order valence-corrected chi connectivity index (χ4v) is 4.30. The first-order valence-corrected chi connectivity index (χ1v) is 8.67. The highest BCUT2D eigenvalue weighted by atomic mass is 35.5. The zero-order chi connectivity index (χ0) is 13.9. The fourth-order valence-electron chi connectivity index (χ4n) is 3.08. The summed E-state index contributed by atoms with van der Waals surface area (Å²) in [4.78, 5) is 14.3. The Morgan fingerprint density at radius 3 is 2.76 bits per heavy atom. The van der Waals surface area contributed by atoms with Crippen LogP contribution >= 0.6 is 23.7 Å². The summed E-state index contributed by atoms with van der Waals surface area (Å²) < 4.78 is 0. The largest absolute Gasteiger partial charge is 0.356 e. The van der Waals surface area contributed by atoms with Crippen LogP contribution in [0.1, 0.15) is 50.0 Å². The van der Waals surface area contributed by atoms with Crippen molar-refractivity contribution >= 4 is 39.8 Å². The monoisotopic (exact) mass is 325 g/mol. The molecule has 0 aliphatic heterocycles. The number of thiophene rings is 1. The van der Waals surface area contributed by atoms with Gasteiger partial charge in [-0.25, -0.2) is 9.97 Å². The molecule has 116 valence electrons. The number of aromatic nitrogens is 2. The Bertz CT molecular complexity index is 596. The van der Waals surface area contributed by atoms with Gasteiger partial charge < -0.3 is 4.90 Å². The maximum atomic E-state index is 4.63. The van der Waals surface area contributed by atoms with Gasteiger partial charge in [-0.15, -0.1) is 23.7 Å². The van der Waals surface area contributed by atoms with Crippen LogP contribution in [0.25, 0.3) is 10.2 Å². The number of fused-ring (bicyclic) bond motifs is 3. The van der Waals surface area contributed by atoms with Crippen LogP contribution in [0.2, 0.25) is 0 Å². The summed E-state index contributed by atoms with van der Waals surface area (Å²) in [6, 6.07) is 0. The Morgan fingerprint density at radius 1 is 1.19 bits per heavy atom. The minimum atomic E-state index is 0. The lowest BCUT2D eigenvalue weighted by molar-refractivity contribution is 0.698. The molecule has 1 aliphatic carbocycles. The standard InChI is InChI=1S/C16H23N3S.ClH/c1-3-5-10-19(4-2)15-14-12-8-6-7-9-13(12)20-16(14)18-11-17-15;/h11H,3-10H2,1-2H3;1H. The lowest BCUT2D eigenvalue weighted by Gasteiger charge is -2.23. The number of unbranched alkanes of at least 4 members (excludes halogenated alkanes) is 1. The molecule has 2 aromatic heterocycles. The number of rotatable bonds is 5. The molecule has 3 nitrogen and oxygen atoms in total. The molecule has 0 aromatic carbocycles. The number of aryl methyl sites for hydroxylation is 2. The molecule has 0 amide bonds. The van der Waals surface area contributed by atoms with Gasteiger partial charge in [0, 0.05) is 18.0 Å². The van der Waals surface area contributed by atoms with Crippen LogP contribution in [0.5, 0.6) is 0 Å². The third-order valence-corrected chi connectivity index (χ3v) is 5.39. The number of halogens is 1. The molecule has 0 fully saturated rings. The minimum Gasteiger partial charge on any atom is -0.356 e. The highest BCUT2D eigenvalue weighted by Gasteiger charge is 2.21. The first-order valence-electron chi connectivity index (χ1n) is 7.85. The second kappa shape index (κ2) is 7.41. The third kappa shape index (κ3) is 3.16. The van der Waals surface area contributed by atoms with Gasteiger partial charge >= 0.3 is 0 Å². The van der Waals surface area contributed by atoms with Crippen LogP contribution in [-0.2, 0) is 12.8 Å². The van der Waals surface area contributed by atoms with E-state index in [0.717, 1.165) is 13.1 Å². The molecule has 0 bridgehead atoms. The average Bonchev–Trinajstić information content (AvgIpc) is 2.87. The fraction of sp³-hybridized carbons (Fsp3) is 0.625. The Labute approximate surface area is 137 Å². The van der Waals surface area contributed by atoms with Crippen LogP contribution in [0.3, 0.4) is 0 Å². The summed E-state index contributed by atoms with van der Waals surface area (Å²) in [6.45, 7) is 6.60. The van der Waals surface area contributed by atoms with Gasteiger partial charge in [0.05, 0.1) is 5.39 Å². The number of hydrogen-bond donors (Lipinski definition) is 0. The maximum absolute atomic E-state index is 4.63. The second-order valence-electron chi connectivity index (χ2n) is 5.52. The third-order valence-electron chi connectivity index (χ3n) is 4.19. The van der Waals surface area contributed by atoms with Crippen molar-refractivity contribution in [3.8, 4) is 0 Å². The van der Waals surface area contributed by atoms with Gasteiger partial charge in [-0.1, -0.05) is 13.3 Å². The van der Waals surface area contributed by atoms with Gasteiger partial charge in [-0.05, 0) is 44.6 Å². The molecule has 0 unspecified atom stereocenters. The molecule has 3 rings (SSSR count). The zero-order valence-electron chi connectivity index (χ0n) is 12.9. The summed E-state index contributed by atoms with van der Waals surface area (Å²) >= 11 is 1.89. The lowest BCUT2D eigenvalue weighted by atomic mass is 9.97. The first-order chi connectivity index (χ1) is 9.85. The van der Waals surface area contributed by atoms with Crippen LogP contribution < -0.4 is 4.90 Å². The van der Waals surface area contributed by atoms with Gasteiger partial charge in [-0.3, -0.25) is 0 Å². The van der Waals surface area contributed by atoms with E-state index in [4.69, 9.17) is 0 Å². The van der Waals surface area contributed by atoms with Crippen molar-refractivity contribution in [2.24, 2.45) is 0 Å². The SMILES string of the molecule is CCCCN(CC)c1ncnc2sc3c(c12)CCCC3.Cl. The molecule has 2 aromatic rings. The van der Waals surface area contributed by atoms with Crippen molar-refractivity contribution < 1.29 is 0 Å². The number of anilines is 1. The minimum absolute atomic E-state index is 0. The number of hydrogen-bond acceptors (Lipinski definition) is 4. The molecule has 21 heavy (non-hydrogen) atoms. The van der Waals surface area contributed by atoms with E-state index >= 15 is 0 Å². The topological polar surface area (TPSA) is 29.0 Å². The average molecular weight is 326 g/mol. The van der Waals surface area contributed by atoms with Crippen LogP contribution in [0.15, 0.2) is 6.33 Å². The van der Waals surface area contributed by atoms with E-state index < -0.39 is 0 Å². The molecule has 0 saturated carbocycles. The van der Waals surface area contributed by atoms with Gasteiger partial charge in [0.15, 0.2) is 0 Å². The normalized spacial score (nSPS) is 13.8. The molecular weight excluding hydrogens is 302 g/mol. The van der Waals surface area contributed by atoms with Gasteiger partial charge in [-0.2, -0.15) is 0 Å². The van der Waals surface area contributed by atoms with Crippen LogP contribution in [-0.4, -0.2) is 23.1 Å². The summed E-state index contributed by atoms with van der Waals surface area (Å²) in [5, 5.41) is 1.35. The Kier molecular flexibility index (Phi) is 5.82. The van der Waals surface area contributed by atoms with E-state index in [2.05, 4.69) is 28.7 Å². The highest BCUT2D eigenvalue weighted by Crippen LogP contribution is 2.39. The molecule has 0 radical (unpaired) electrons. The molecule has 1 aliphatic rings. The van der Waals surface area contributed by atoms with E-state index in [0.29, 0.717) is 0 Å². The number of nitrogens with zero attached hydrogens (tertiary/aromatic N) is 3. The van der Waals surface area contributed by atoms with Crippen molar-refractivity contribution in [1.82, 2.24) is 9.97 Å². The first kappa shape index (κ1) is 16.5. The van der Waals surface area contributed by atoms with E-state index in [1.54, 1.807) is 16.8 Å². The Hall–Kier alpha value is -0.870. The summed E-state index contributed by atoms with van der Waals surface area (Å²) in [5.74, 6) is 1.17. The zero-order valence-corrected chi connectivity index (χ0v) is 14.5. The molecule has 0 N–H and O–H groups in total. The summed E-state index contributed by atoms with van der Waals surface area (Å²) in [5.41, 5.74) is 1.54. The highest BCUT2D eigenvalue weighted by molar-refractivity contribution is 7.19. The van der Waals surface area contributed by atoms with Crippen molar-refractivity contribution in [2.45, 2.75) is 52.4 Å². The summed E-state index contributed by atoms with van der Waals surface area (Å²) in [6.07, 6.45) is 9.29. The van der Waals surface area contributed by atoms with E-state index in [9.17, 15) is 0 Å². The van der Waals surface area contributed by atoms with Crippen molar-refractivity contribution in [3.63, 3.8) is 0 Å². The molecule has 2 heterocycles. The molecule has 0 atom stereocenters. The van der Waals surface area contributed by atoms with Crippen LogP contribution in [0.4, 0.5) is 5.82 Å². The molecule has 5 heteroatoms. The maximum Gasteiger partial charge on any atom is 0.141 e. The van der Waals surface area contributed by atoms with Gasteiger partial charge in [0.25, 0.3) is 0 Å². The van der Waals surface area contributed by atoms with Crippen molar-refractivity contribution in [3.05, 3.63) is 16.8 Å². The van der Waals surface area contributed by atoms with E-state index in [1.807, 2.05) is 11.3 Å². The molecule has 0 saturated heterocycles.